The zero-order chi connectivity index (χ0) is 14.9. The smallest absolute Gasteiger partial charge is 0.434 e. The van der Waals surface area contributed by atoms with Crippen LogP contribution in [-0.2, 0) is 14.3 Å². The van der Waals surface area contributed by atoms with Gasteiger partial charge in [-0.2, -0.15) is 4.99 Å². The molecule has 0 heterocycles. The summed E-state index contributed by atoms with van der Waals surface area (Å²) in [6, 6.07) is 0. The van der Waals surface area contributed by atoms with Gasteiger partial charge in [0.15, 0.2) is 0 Å². The Bertz CT molecular complexity index is 473. The molecule has 2 aliphatic rings. The fourth-order valence-electron chi connectivity index (χ4n) is 2.68. The second-order valence-corrected chi connectivity index (χ2v) is 6.30. The van der Waals surface area contributed by atoms with E-state index in [1.54, 1.807) is 20.8 Å². The molecule has 20 heavy (non-hydrogen) atoms. The summed E-state index contributed by atoms with van der Waals surface area (Å²) in [5.74, 6) is 0.983. The molecule has 0 radical (unpaired) electrons. The van der Waals surface area contributed by atoms with Crippen LogP contribution in [0.1, 0.15) is 33.6 Å². The van der Waals surface area contributed by atoms with Gasteiger partial charge in [0, 0.05) is 6.42 Å². The number of ether oxygens (including phenoxy) is 2. The van der Waals surface area contributed by atoms with Crippen molar-refractivity contribution in [1.29, 1.82) is 0 Å². The van der Waals surface area contributed by atoms with Gasteiger partial charge in [-0.25, -0.2) is 9.59 Å². The highest BCUT2D eigenvalue weighted by atomic mass is 16.6. The van der Waals surface area contributed by atoms with Crippen LogP contribution in [0.2, 0.25) is 0 Å². The molecule has 110 valence electrons. The molecule has 0 N–H and O–H groups in total. The Labute approximate surface area is 119 Å². The SMILES string of the molecule is COC(=O)C(CC1C2C=CCC21)=NC(=O)OC(C)(C)C. The van der Waals surface area contributed by atoms with Crippen LogP contribution in [0.15, 0.2) is 17.1 Å². The van der Waals surface area contributed by atoms with E-state index >= 15 is 0 Å². The molecule has 3 atom stereocenters. The summed E-state index contributed by atoms with van der Waals surface area (Å²) in [5.41, 5.74) is -0.463. The Morgan fingerprint density at radius 2 is 2.05 bits per heavy atom. The Balaban J connectivity index is 2.02. The lowest BCUT2D eigenvalue weighted by atomic mass is 10.1. The van der Waals surface area contributed by atoms with E-state index in [1.165, 1.54) is 7.11 Å². The van der Waals surface area contributed by atoms with E-state index in [9.17, 15) is 9.59 Å². The number of esters is 1. The maximum Gasteiger partial charge on any atom is 0.434 e. The van der Waals surface area contributed by atoms with Gasteiger partial charge in [-0.1, -0.05) is 12.2 Å². The minimum absolute atomic E-state index is 0.162. The summed E-state index contributed by atoms with van der Waals surface area (Å²) >= 11 is 0. The van der Waals surface area contributed by atoms with Crippen LogP contribution in [0.3, 0.4) is 0 Å². The molecular weight excluding hydrogens is 258 g/mol. The largest absolute Gasteiger partial charge is 0.465 e. The third-order valence-corrected chi connectivity index (χ3v) is 3.63. The average Bonchev–Trinajstić information content (AvgIpc) is 2.77. The summed E-state index contributed by atoms with van der Waals surface area (Å²) in [6.07, 6.45) is 5.13. The second-order valence-electron chi connectivity index (χ2n) is 6.30. The molecule has 0 spiro atoms. The fraction of sp³-hybridized carbons (Fsp3) is 0.667. The normalized spacial score (nSPS) is 28.0. The molecule has 0 aliphatic heterocycles. The maximum atomic E-state index is 11.7. The minimum atomic E-state index is -0.737. The van der Waals surface area contributed by atoms with Gasteiger partial charge >= 0.3 is 12.1 Å². The number of nitrogens with zero attached hydrogens (tertiary/aromatic N) is 1. The molecule has 2 aliphatic carbocycles. The van der Waals surface area contributed by atoms with E-state index in [4.69, 9.17) is 9.47 Å². The van der Waals surface area contributed by atoms with Crippen molar-refractivity contribution in [3.63, 3.8) is 0 Å². The molecule has 5 heteroatoms. The lowest BCUT2D eigenvalue weighted by molar-refractivity contribution is -0.132. The first-order chi connectivity index (χ1) is 9.31. The molecule has 0 bridgehead atoms. The number of rotatable bonds is 3. The molecule has 1 saturated carbocycles. The maximum absolute atomic E-state index is 11.7. The van der Waals surface area contributed by atoms with Crippen molar-refractivity contribution in [2.24, 2.45) is 22.7 Å². The lowest BCUT2D eigenvalue weighted by Gasteiger charge is -2.17. The predicted molar refractivity (Wildman–Crippen MR) is 74.5 cm³/mol. The zero-order valence-corrected chi connectivity index (χ0v) is 12.4. The average molecular weight is 279 g/mol. The summed E-state index contributed by atoms with van der Waals surface area (Å²) < 4.78 is 9.81. The molecule has 5 nitrogen and oxygen atoms in total. The number of methoxy groups -OCH3 is 1. The number of hydrogen-bond donors (Lipinski definition) is 0. The molecule has 0 aromatic carbocycles. The monoisotopic (exact) mass is 279 g/mol. The number of carbonyl (C=O) groups excluding carboxylic acids is 2. The molecule has 0 aromatic rings. The van der Waals surface area contributed by atoms with Gasteiger partial charge in [-0.3, -0.25) is 0 Å². The first-order valence-electron chi connectivity index (χ1n) is 6.87. The van der Waals surface area contributed by atoms with Crippen molar-refractivity contribution in [2.75, 3.05) is 7.11 Å². The van der Waals surface area contributed by atoms with Crippen LogP contribution < -0.4 is 0 Å². The summed E-state index contributed by atoms with van der Waals surface area (Å²) in [4.78, 5) is 27.2. The topological polar surface area (TPSA) is 65.0 Å². The van der Waals surface area contributed by atoms with Gasteiger partial charge in [-0.05, 0) is 44.9 Å². The first kappa shape index (κ1) is 14.8. The van der Waals surface area contributed by atoms with Gasteiger partial charge < -0.3 is 9.47 Å². The lowest BCUT2D eigenvalue weighted by Crippen LogP contribution is -2.25. The minimum Gasteiger partial charge on any atom is -0.465 e. The van der Waals surface area contributed by atoms with Crippen LogP contribution in [0.5, 0.6) is 0 Å². The predicted octanol–water partition coefficient (Wildman–Crippen LogP) is 2.75. The van der Waals surface area contributed by atoms with Gasteiger partial charge in [0.05, 0.1) is 7.11 Å². The standard InChI is InChI=1S/C15H21NO4/c1-15(2,3)20-14(18)16-12(13(17)19-4)8-11-9-6-5-7-10(9)11/h5-6,9-11H,7-8H2,1-4H3. The van der Waals surface area contributed by atoms with E-state index in [2.05, 4.69) is 17.1 Å². The van der Waals surface area contributed by atoms with E-state index in [-0.39, 0.29) is 5.71 Å². The van der Waals surface area contributed by atoms with E-state index in [0.717, 1.165) is 6.42 Å². The Morgan fingerprint density at radius 1 is 1.35 bits per heavy atom. The number of carbonyl (C=O) groups is 2. The van der Waals surface area contributed by atoms with E-state index < -0.39 is 17.7 Å². The van der Waals surface area contributed by atoms with Crippen molar-refractivity contribution >= 4 is 17.8 Å². The highest BCUT2D eigenvalue weighted by Gasteiger charge is 2.50. The van der Waals surface area contributed by atoms with Crippen molar-refractivity contribution in [1.82, 2.24) is 0 Å². The van der Waals surface area contributed by atoms with Crippen LogP contribution >= 0.6 is 0 Å². The number of aliphatic imine (C=N–C) groups is 1. The van der Waals surface area contributed by atoms with Crippen molar-refractivity contribution in [2.45, 2.75) is 39.2 Å². The van der Waals surface area contributed by atoms with E-state index in [1.807, 2.05) is 0 Å². The fourth-order valence-corrected chi connectivity index (χ4v) is 2.68. The molecule has 3 unspecified atom stereocenters. The highest BCUT2D eigenvalue weighted by molar-refractivity contribution is 6.38. The van der Waals surface area contributed by atoms with Crippen LogP contribution in [-0.4, -0.2) is 30.5 Å². The summed E-state index contributed by atoms with van der Waals surface area (Å²) in [7, 11) is 1.29. The molecule has 0 saturated heterocycles. The Hall–Kier alpha value is -1.65. The molecule has 1 amide bonds. The third-order valence-electron chi connectivity index (χ3n) is 3.63. The van der Waals surface area contributed by atoms with Crippen LogP contribution in [0.25, 0.3) is 0 Å². The Morgan fingerprint density at radius 3 is 2.55 bits per heavy atom. The van der Waals surface area contributed by atoms with Gasteiger partial charge in [0.25, 0.3) is 0 Å². The number of fused-ring (bicyclic) bond motifs is 1. The molecule has 1 fully saturated rings. The quantitative estimate of drug-likeness (QED) is 0.452. The second kappa shape index (κ2) is 5.38. The third kappa shape index (κ3) is 3.46. The molecule has 0 aromatic heterocycles. The van der Waals surface area contributed by atoms with Gasteiger partial charge in [0.1, 0.15) is 11.3 Å². The summed E-state index contributed by atoms with van der Waals surface area (Å²) in [5, 5.41) is 0. The van der Waals surface area contributed by atoms with E-state index in [0.29, 0.717) is 24.2 Å². The molecule has 2 rings (SSSR count). The number of amides is 1. The van der Waals surface area contributed by atoms with Crippen LogP contribution in [0, 0.1) is 17.8 Å². The van der Waals surface area contributed by atoms with Gasteiger partial charge in [-0.15, -0.1) is 0 Å². The molecular formula is C15H21NO4. The number of allylic oxidation sites excluding steroid dienone is 2. The van der Waals surface area contributed by atoms with Crippen molar-refractivity contribution < 1.29 is 19.1 Å². The first-order valence-corrected chi connectivity index (χ1v) is 6.87. The van der Waals surface area contributed by atoms with Crippen LogP contribution in [0.4, 0.5) is 4.79 Å². The summed E-state index contributed by atoms with van der Waals surface area (Å²) in [6.45, 7) is 5.27. The highest BCUT2D eigenvalue weighted by Crippen LogP contribution is 2.55. The van der Waals surface area contributed by atoms with Gasteiger partial charge in [0.2, 0.25) is 0 Å². The van der Waals surface area contributed by atoms with Crippen molar-refractivity contribution in [3.05, 3.63) is 12.2 Å². The zero-order valence-electron chi connectivity index (χ0n) is 12.4. The Kier molecular flexibility index (Phi) is 3.97. The number of hydrogen-bond acceptors (Lipinski definition) is 4. The van der Waals surface area contributed by atoms with Crippen molar-refractivity contribution in [3.8, 4) is 0 Å².